The van der Waals surface area contributed by atoms with Crippen LogP contribution in [0.4, 0.5) is 4.79 Å². The number of nitrogens with zero attached hydrogens (tertiary/aromatic N) is 1. The van der Waals surface area contributed by atoms with Crippen molar-refractivity contribution in [2.75, 3.05) is 19.6 Å². The first kappa shape index (κ1) is 12.5. The van der Waals surface area contributed by atoms with Gasteiger partial charge < -0.3 is 15.3 Å². The summed E-state index contributed by atoms with van der Waals surface area (Å²) in [5.41, 5.74) is 0. The van der Waals surface area contributed by atoms with Crippen LogP contribution in [0, 0.1) is 23.7 Å². The molecule has 3 rings (SSSR count). The fraction of sp³-hybridized carbons (Fsp3) is 0.714. The number of nitrogens with one attached hydrogen (secondary N) is 1. The molecule has 0 aromatic carbocycles. The molecule has 2 aliphatic carbocycles. The van der Waals surface area contributed by atoms with Crippen molar-refractivity contribution in [1.82, 2.24) is 10.2 Å². The third-order valence-electron chi connectivity index (χ3n) is 4.79. The summed E-state index contributed by atoms with van der Waals surface area (Å²) in [6.07, 6.45) is 6.53. The van der Waals surface area contributed by atoms with Crippen LogP contribution in [-0.4, -0.2) is 41.6 Å². The van der Waals surface area contributed by atoms with Crippen molar-refractivity contribution in [2.24, 2.45) is 23.7 Å². The fourth-order valence-corrected chi connectivity index (χ4v) is 3.86. The lowest BCUT2D eigenvalue weighted by molar-refractivity contribution is -0.137. The predicted molar refractivity (Wildman–Crippen MR) is 69.6 cm³/mol. The van der Waals surface area contributed by atoms with Crippen molar-refractivity contribution in [3.8, 4) is 0 Å². The van der Waals surface area contributed by atoms with E-state index in [0.29, 0.717) is 36.6 Å². The van der Waals surface area contributed by atoms with Gasteiger partial charge in [0.2, 0.25) is 0 Å². The van der Waals surface area contributed by atoms with Crippen LogP contribution >= 0.6 is 0 Å². The lowest BCUT2D eigenvalue weighted by Crippen LogP contribution is -2.39. The standard InChI is InChI=1S/C14H20N2O3/c17-13(18)2-1-5-15-14(19)16-7-11-9-3-4-10(6-9)12(11)8-16/h3-4,9-12H,1-2,5-8H2,(H,15,19)(H,17,18)/t9?,10?,11-,12+. The molecule has 0 aromatic rings. The minimum Gasteiger partial charge on any atom is -0.481 e. The number of urea groups is 1. The van der Waals surface area contributed by atoms with Gasteiger partial charge >= 0.3 is 12.0 Å². The number of amides is 2. The molecule has 2 bridgehead atoms. The molecule has 4 atom stereocenters. The van der Waals surface area contributed by atoms with E-state index in [1.807, 2.05) is 4.90 Å². The maximum atomic E-state index is 12.0. The van der Waals surface area contributed by atoms with Gasteiger partial charge in [0.15, 0.2) is 0 Å². The Balaban J connectivity index is 1.44. The first-order valence-corrected chi connectivity index (χ1v) is 7.08. The Hall–Kier alpha value is -1.52. The molecule has 2 N–H and O–H groups in total. The minimum atomic E-state index is -0.812. The lowest BCUT2D eigenvalue weighted by Gasteiger charge is -2.19. The first-order chi connectivity index (χ1) is 9.15. The van der Waals surface area contributed by atoms with Gasteiger partial charge in [0.1, 0.15) is 0 Å². The molecule has 0 radical (unpaired) electrons. The van der Waals surface area contributed by atoms with Crippen molar-refractivity contribution in [2.45, 2.75) is 19.3 Å². The van der Waals surface area contributed by atoms with E-state index < -0.39 is 5.97 Å². The molecule has 0 aromatic heterocycles. The van der Waals surface area contributed by atoms with Crippen LogP contribution in [0.25, 0.3) is 0 Å². The smallest absolute Gasteiger partial charge is 0.317 e. The van der Waals surface area contributed by atoms with Gasteiger partial charge in [-0.15, -0.1) is 0 Å². The largest absolute Gasteiger partial charge is 0.481 e. The van der Waals surface area contributed by atoms with Crippen LogP contribution in [0.3, 0.4) is 0 Å². The van der Waals surface area contributed by atoms with Gasteiger partial charge in [0.25, 0.3) is 0 Å². The molecular weight excluding hydrogens is 244 g/mol. The summed E-state index contributed by atoms with van der Waals surface area (Å²) in [5, 5.41) is 11.4. The number of hydrogen-bond donors (Lipinski definition) is 2. The van der Waals surface area contributed by atoms with E-state index in [4.69, 9.17) is 5.11 Å². The van der Waals surface area contributed by atoms with Gasteiger partial charge in [-0.3, -0.25) is 4.79 Å². The summed E-state index contributed by atoms with van der Waals surface area (Å²) in [6.45, 7) is 2.17. The Morgan fingerprint density at radius 2 is 1.84 bits per heavy atom. The molecule has 104 valence electrons. The lowest BCUT2D eigenvalue weighted by atomic mass is 9.86. The SMILES string of the molecule is O=C(O)CCCNC(=O)N1C[C@@H]2C3C=CC(C3)[C@@H]2C1. The van der Waals surface area contributed by atoms with Crippen LogP contribution in [0.15, 0.2) is 12.2 Å². The highest BCUT2D eigenvalue weighted by Crippen LogP contribution is 2.51. The van der Waals surface area contributed by atoms with Crippen LogP contribution in [0.1, 0.15) is 19.3 Å². The third-order valence-corrected chi connectivity index (χ3v) is 4.79. The summed E-state index contributed by atoms with van der Waals surface area (Å²) in [6, 6.07) is -0.0285. The Morgan fingerprint density at radius 3 is 2.42 bits per heavy atom. The maximum absolute atomic E-state index is 12.0. The predicted octanol–water partition coefficient (Wildman–Crippen LogP) is 1.31. The molecule has 5 nitrogen and oxygen atoms in total. The zero-order chi connectivity index (χ0) is 13.4. The van der Waals surface area contributed by atoms with Crippen molar-refractivity contribution >= 4 is 12.0 Å². The Kier molecular flexibility index (Phi) is 3.21. The third kappa shape index (κ3) is 2.33. The number of carboxylic acids is 1. The van der Waals surface area contributed by atoms with Crippen LogP contribution in [0.2, 0.25) is 0 Å². The number of carbonyl (C=O) groups excluding carboxylic acids is 1. The molecule has 0 spiro atoms. The fourth-order valence-electron chi connectivity index (χ4n) is 3.86. The van der Waals surface area contributed by atoms with Gasteiger partial charge in [-0.25, -0.2) is 4.79 Å². The van der Waals surface area contributed by atoms with Gasteiger partial charge in [0, 0.05) is 26.1 Å². The second-order valence-corrected chi connectivity index (χ2v) is 5.91. The molecule has 2 amide bonds. The molecule has 2 unspecified atom stereocenters. The molecule has 1 aliphatic heterocycles. The number of rotatable bonds is 4. The summed E-state index contributed by atoms with van der Waals surface area (Å²) in [7, 11) is 0. The maximum Gasteiger partial charge on any atom is 0.317 e. The average molecular weight is 264 g/mol. The van der Waals surface area contributed by atoms with Gasteiger partial charge in [-0.05, 0) is 36.5 Å². The van der Waals surface area contributed by atoms with Crippen molar-refractivity contribution in [3.63, 3.8) is 0 Å². The highest BCUT2D eigenvalue weighted by Gasteiger charge is 2.49. The molecule has 3 aliphatic rings. The second-order valence-electron chi connectivity index (χ2n) is 5.91. The van der Waals surface area contributed by atoms with E-state index in [1.54, 1.807) is 0 Å². The van der Waals surface area contributed by atoms with E-state index in [2.05, 4.69) is 17.5 Å². The summed E-state index contributed by atoms with van der Waals surface area (Å²) < 4.78 is 0. The number of aliphatic carboxylic acids is 1. The van der Waals surface area contributed by atoms with Crippen LogP contribution in [0.5, 0.6) is 0 Å². The van der Waals surface area contributed by atoms with E-state index in [9.17, 15) is 9.59 Å². The molecule has 1 saturated heterocycles. The zero-order valence-corrected chi connectivity index (χ0v) is 10.9. The quantitative estimate of drug-likeness (QED) is 0.594. The van der Waals surface area contributed by atoms with E-state index in [-0.39, 0.29) is 12.5 Å². The Bertz CT molecular complexity index is 401. The Morgan fingerprint density at radius 1 is 1.21 bits per heavy atom. The molecule has 5 heteroatoms. The van der Waals surface area contributed by atoms with E-state index in [0.717, 1.165) is 13.1 Å². The van der Waals surface area contributed by atoms with Gasteiger partial charge in [0.05, 0.1) is 0 Å². The molecule has 2 fully saturated rings. The number of allylic oxidation sites excluding steroid dienone is 2. The number of carbonyl (C=O) groups is 2. The summed E-state index contributed by atoms with van der Waals surface area (Å²) >= 11 is 0. The van der Waals surface area contributed by atoms with Gasteiger partial charge in [-0.1, -0.05) is 12.2 Å². The summed E-state index contributed by atoms with van der Waals surface area (Å²) in [4.78, 5) is 24.3. The molecule has 19 heavy (non-hydrogen) atoms. The Labute approximate surface area is 112 Å². The highest BCUT2D eigenvalue weighted by molar-refractivity contribution is 5.74. The number of likely N-dealkylation sites (tertiary alicyclic amines) is 1. The van der Waals surface area contributed by atoms with Crippen molar-refractivity contribution in [1.29, 1.82) is 0 Å². The molecular formula is C14H20N2O3. The monoisotopic (exact) mass is 264 g/mol. The normalized spacial score (nSPS) is 34.6. The van der Waals surface area contributed by atoms with E-state index >= 15 is 0 Å². The average Bonchev–Trinajstić information content (AvgIpc) is 3.04. The minimum absolute atomic E-state index is 0.0285. The summed E-state index contributed by atoms with van der Waals surface area (Å²) in [5.74, 6) is 1.85. The molecule has 1 saturated carbocycles. The first-order valence-electron chi connectivity index (χ1n) is 7.08. The zero-order valence-electron chi connectivity index (χ0n) is 10.9. The molecule has 1 heterocycles. The highest BCUT2D eigenvalue weighted by atomic mass is 16.4. The number of carboxylic acid groups (broad SMARTS) is 1. The topological polar surface area (TPSA) is 69.6 Å². The number of hydrogen-bond acceptors (Lipinski definition) is 2. The number of fused-ring (bicyclic) bond motifs is 5. The van der Waals surface area contributed by atoms with Crippen molar-refractivity contribution in [3.05, 3.63) is 12.2 Å². The van der Waals surface area contributed by atoms with E-state index in [1.165, 1.54) is 6.42 Å². The van der Waals surface area contributed by atoms with Crippen LogP contribution < -0.4 is 5.32 Å². The van der Waals surface area contributed by atoms with Crippen molar-refractivity contribution < 1.29 is 14.7 Å². The second kappa shape index (κ2) is 4.87. The van der Waals surface area contributed by atoms with Crippen LogP contribution in [-0.2, 0) is 4.79 Å². The van der Waals surface area contributed by atoms with Gasteiger partial charge in [-0.2, -0.15) is 0 Å².